The second kappa shape index (κ2) is 5.91. The van der Waals surface area contributed by atoms with Gasteiger partial charge in [-0.15, -0.1) is 11.3 Å². The highest BCUT2D eigenvalue weighted by Gasteiger charge is 2.29. The van der Waals surface area contributed by atoms with Gasteiger partial charge in [0.05, 0.1) is 5.69 Å². The number of carboxylic acid groups (broad SMARTS) is 1. The number of fused-ring (bicyclic) bond motifs is 1. The van der Waals surface area contributed by atoms with E-state index in [1.54, 1.807) is 17.5 Å². The van der Waals surface area contributed by atoms with Crippen molar-refractivity contribution >= 4 is 17.3 Å². The van der Waals surface area contributed by atoms with Crippen molar-refractivity contribution in [2.24, 2.45) is 0 Å². The number of carbonyl (C=O) groups is 1. The summed E-state index contributed by atoms with van der Waals surface area (Å²) in [6.45, 7) is 3.36. The van der Waals surface area contributed by atoms with Gasteiger partial charge in [-0.25, -0.2) is 4.98 Å². The van der Waals surface area contributed by atoms with E-state index in [0.29, 0.717) is 13.0 Å². The molecule has 2 aromatic rings. The molecule has 3 heterocycles. The predicted octanol–water partition coefficient (Wildman–Crippen LogP) is 2.43. The van der Waals surface area contributed by atoms with Crippen molar-refractivity contribution in [1.29, 1.82) is 0 Å². The van der Waals surface area contributed by atoms with Gasteiger partial charge in [-0.1, -0.05) is 6.92 Å². The van der Waals surface area contributed by atoms with Gasteiger partial charge in [-0.3, -0.25) is 14.7 Å². The summed E-state index contributed by atoms with van der Waals surface area (Å²) in [4.78, 5) is 23.3. The average Bonchev–Trinajstić information content (AvgIpc) is 2.92. The van der Waals surface area contributed by atoms with E-state index < -0.39 is 12.0 Å². The molecule has 0 bridgehead atoms. The van der Waals surface area contributed by atoms with Crippen LogP contribution in [-0.4, -0.2) is 38.5 Å². The first kappa shape index (κ1) is 14.2. The summed E-state index contributed by atoms with van der Waals surface area (Å²) in [7, 11) is 0. The highest BCUT2D eigenvalue weighted by atomic mass is 32.1. The number of aliphatic carboxylic acids is 1. The summed E-state index contributed by atoms with van der Waals surface area (Å²) in [5.41, 5.74) is 2.13. The predicted molar refractivity (Wildman–Crippen MR) is 81.2 cm³/mol. The minimum absolute atomic E-state index is 0.401. The number of nitrogens with zero attached hydrogens (tertiary/aromatic N) is 3. The minimum Gasteiger partial charge on any atom is -0.480 e. The molecule has 6 heteroatoms. The number of aromatic nitrogens is 2. The highest BCUT2D eigenvalue weighted by Crippen LogP contribution is 2.32. The van der Waals surface area contributed by atoms with E-state index in [1.165, 1.54) is 4.88 Å². The van der Waals surface area contributed by atoms with Crippen LogP contribution in [0.15, 0.2) is 24.5 Å². The molecule has 0 saturated heterocycles. The average molecular weight is 303 g/mol. The third-order valence-corrected chi connectivity index (χ3v) is 4.91. The largest absolute Gasteiger partial charge is 0.480 e. The summed E-state index contributed by atoms with van der Waals surface area (Å²) >= 11 is 1.65. The molecule has 3 rings (SSSR count). The Morgan fingerprint density at radius 3 is 3.10 bits per heavy atom. The third kappa shape index (κ3) is 2.82. The minimum atomic E-state index is -0.738. The second-order valence-electron chi connectivity index (χ2n) is 5.11. The van der Waals surface area contributed by atoms with Crippen molar-refractivity contribution in [3.63, 3.8) is 0 Å². The molecule has 1 N–H and O–H groups in total. The lowest BCUT2D eigenvalue weighted by atomic mass is 10.1. The first-order valence-electron chi connectivity index (χ1n) is 7.05. The standard InChI is InChI=1S/C15H17N3O2S/c1-2-12(15(19)20)18-7-5-11-13(9-18)21-14(17-11)10-4-3-6-16-8-10/h3-4,6,8,12H,2,5,7,9H2,1H3,(H,19,20). The molecule has 0 fully saturated rings. The van der Waals surface area contributed by atoms with Crippen molar-refractivity contribution in [1.82, 2.24) is 14.9 Å². The monoisotopic (exact) mass is 303 g/mol. The van der Waals surface area contributed by atoms with Crippen LogP contribution in [0, 0.1) is 0 Å². The van der Waals surface area contributed by atoms with Crippen LogP contribution in [0.5, 0.6) is 0 Å². The molecular formula is C15H17N3O2S. The van der Waals surface area contributed by atoms with Gasteiger partial charge in [-0.05, 0) is 18.6 Å². The van der Waals surface area contributed by atoms with Crippen LogP contribution in [0.4, 0.5) is 0 Å². The van der Waals surface area contributed by atoms with Gasteiger partial charge in [0.1, 0.15) is 11.0 Å². The summed E-state index contributed by atoms with van der Waals surface area (Å²) in [5, 5.41) is 10.3. The Kier molecular flexibility index (Phi) is 3.98. The smallest absolute Gasteiger partial charge is 0.320 e. The molecule has 0 radical (unpaired) electrons. The fraction of sp³-hybridized carbons (Fsp3) is 0.400. The first-order valence-corrected chi connectivity index (χ1v) is 7.86. The summed E-state index contributed by atoms with van der Waals surface area (Å²) < 4.78 is 0. The van der Waals surface area contributed by atoms with E-state index in [2.05, 4.69) is 9.97 Å². The zero-order valence-electron chi connectivity index (χ0n) is 11.8. The molecule has 0 saturated carbocycles. The molecular weight excluding hydrogens is 286 g/mol. The van der Waals surface area contributed by atoms with Crippen LogP contribution in [0.25, 0.3) is 10.6 Å². The summed E-state index contributed by atoms with van der Waals surface area (Å²) in [6, 6.07) is 3.50. The zero-order valence-corrected chi connectivity index (χ0v) is 12.6. The molecule has 1 atom stereocenters. The van der Waals surface area contributed by atoms with E-state index in [-0.39, 0.29) is 0 Å². The van der Waals surface area contributed by atoms with Crippen LogP contribution in [0.2, 0.25) is 0 Å². The van der Waals surface area contributed by atoms with Gasteiger partial charge in [0.25, 0.3) is 0 Å². The van der Waals surface area contributed by atoms with Crippen molar-refractivity contribution in [2.75, 3.05) is 6.54 Å². The molecule has 21 heavy (non-hydrogen) atoms. The fourth-order valence-electron chi connectivity index (χ4n) is 2.68. The van der Waals surface area contributed by atoms with Crippen molar-refractivity contribution in [2.45, 2.75) is 32.4 Å². The van der Waals surface area contributed by atoms with Gasteiger partial charge >= 0.3 is 5.97 Å². The summed E-state index contributed by atoms with van der Waals surface area (Å²) in [5.74, 6) is -0.738. The van der Waals surface area contributed by atoms with Crippen molar-refractivity contribution in [3.05, 3.63) is 35.1 Å². The van der Waals surface area contributed by atoms with Crippen LogP contribution in [-0.2, 0) is 17.8 Å². The van der Waals surface area contributed by atoms with Gasteiger partial charge < -0.3 is 5.11 Å². The number of rotatable bonds is 4. The highest BCUT2D eigenvalue weighted by molar-refractivity contribution is 7.15. The van der Waals surface area contributed by atoms with Gasteiger partial charge in [0.2, 0.25) is 0 Å². The lowest BCUT2D eigenvalue weighted by molar-refractivity contribution is -0.143. The lowest BCUT2D eigenvalue weighted by Gasteiger charge is -2.30. The Morgan fingerprint density at radius 2 is 2.43 bits per heavy atom. The topological polar surface area (TPSA) is 66.3 Å². The van der Waals surface area contributed by atoms with Crippen LogP contribution < -0.4 is 0 Å². The number of pyridine rings is 1. The van der Waals surface area contributed by atoms with Crippen molar-refractivity contribution in [3.8, 4) is 10.6 Å². The fourth-order valence-corrected chi connectivity index (χ4v) is 3.81. The van der Waals surface area contributed by atoms with Gasteiger partial charge in [0.15, 0.2) is 0 Å². The Bertz CT molecular complexity index is 642. The van der Waals surface area contributed by atoms with E-state index in [0.717, 1.165) is 29.2 Å². The van der Waals surface area contributed by atoms with Crippen molar-refractivity contribution < 1.29 is 9.90 Å². The molecule has 1 unspecified atom stereocenters. The molecule has 2 aromatic heterocycles. The van der Waals surface area contributed by atoms with Gasteiger partial charge in [-0.2, -0.15) is 0 Å². The molecule has 110 valence electrons. The Balaban J connectivity index is 1.84. The van der Waals surface area contributed by atoms with Crippen LogP contribution >= 0.6 is 11.3 Å². The second-order valence-corrected chi connectivity index (χ2v) is 6.20. The number of hydrogen-bond donors (Lipinski definition) is 1. The maximum Gasteiger partial charge on any atom is 0.320 e. The maximum atomic E-state index is 11.3. The van der Waals surface area contributed by atoms with E-state index >= 15 is 0 Å². The van der Waals surface area contributed by atoms with E-state index in [9.17, 15) is 9.90 Å². The first-order chi connectivity index (χ1) is 10.2. The Hall–Kier alpha value is -1.79. The Morgan fingerprint density at radius 1 is 1.57 bits per heavy atom. The summed E-state index contributed by atoms with van der Waals surface area (Å²) in [6.07, 6.45) is 5.00. The molecule has 1 aliphatic heterocycles. The van der Waals surface area contributed by atoms with E-state index in [1.807, 2.05) is 30.2 Å². The Labute approximate surface area is 127 Å². The van der Waals surface area contributed by atoms with E-state index in [4.69, 9.17) is 0 Å². The number of carboxylic acids is 1. The lowest BCUT2D eigenvalue weighted by Crippen LogP contribution is -2.43. The molecule has 0 aliphatic carbocycles. The van der Waals surface area contributed by atoms with Gasteiger partial charge in [0, 0.05) is 42.3 Å². The van der Waals surface area contributed by atoms with Crippen LogP contribution in [0.1, 0.15) is 23.9 Å². The molecule has 5 nitrogen and oxygen atoms in total. The molecule has 0 aromatic carbocycles. The SMILES string of the molecule is CCC(C(=O)O)N1CCc2nc(-c3cccnc3)sc2C1. The molecule has 0 spiro atoms. The number of thiazole rings is 1. The zero-order chi connectivity index (χ0) is 14.8. The quantitative estimate of drug-likeness (QED) is 0.939. The normalized spacial score (nSPS) is 16.4. The maximum absolute atomic E-state index is 11.3. The third-order valence-electron chi connectivity index (χ3n) is 3.78. The van der Waals surface area contributed by atoms with Crippen LogP contribution in [0.3, 0.4) is 0 Å². The number of hydrogen-bond acceptors (Lipinski definition) is 5. The molecule has 0 amide bonds. The molecule has 1 aliphatic rings.